The number of nitrogens with zero attached hydrogens (tertiary/aromatic N) is 4. The molecule has 5 nitrogen and oxygen atoms in total. The number of hydrogen-bond acceptors (Lipinski definition) is 4. The van der Waals surface area contributed by atoms with Crippen molar-refractivity contribution in [2.24, 2.45) is 0 Å². The van der Waals surface area contributed by atoms with Crippen LogP contribution in [-0.4, -0.2) is 25.1 Å². The van der Waals surface area contributed by atoms with E-state index < -0.39 is 0 Å². The second-order valence-electron chi connectivity index (χ2n) is 3.48. The molecule has 82 valence electrons. The molecule has 3 aromatic rings. The molecule has 0 unspecified atom stereocenters. The Morgan fingerprint density at radius 2 is 2.00 bits per heavy atom. The van der Waals surface area contributed by atoms with E-state index in [2.05, 4.69) is 25.1 Å². The largest absolute Gasteiger partial charge is 0.275 e. The normalized spacial score (nSPS) is 10.4. The summed E-state index contributed by atoms with van der Waals surface area (Å²) >= 11 is 0. The number of pyridine rings is 1. The lowest BCUT2D eigenvalue weighted by atomic mass is 10.2. The minimum Gasteiger partial charge on any atom is -0.275 e. The van der Waals surface area contributed by atoms with Crippen molar-refractivity contribution in [1.29, 1.82) is 0 Å². The molecule has 17 heavy (non-hydrogen) atoms. The van der Waals surface area contributed by atoms with Gasteiger partial charge in [0.25, 0.3) is 0 Å². The molecule has 0 aliphatic heterocycles. The molecule has 0 saturated heterocycles. The van der Waals surface area contributed by atoms with Gasteiger partial charge in [0.2, 0.25) is 0 Å². The van der Waals surface area contributed by atoms with Crippen LogP contribution < -0.4 is 0 Å². The van der Waals surface area contributed by atoms with Gasteiger partial charge in [-0.15, -0.1) is 0 Å². The minimum absolute atomic E-state index is 0.629. The van der Waals surface area contributed by atoms with Crippen molar-refractivity contribution < 1.29 is 0 Å². The fourth-order valence-corrected chi connectivity index (χ4v) is 1.54. The molecule has 0 atom stereocenters. The standard InChI is InChI=1S/C12H9N5/c1-2-9(8-13-5-1)10-3-6-14-12(16-10)11-4-7-15-17-11/h1-8H,(H,15,17). The third-order valence-electron chi connectivity index (χ3n) is 2.35. The average Bonchev–Trinajstić information content (AvgIpc) is 2.94. The number of H-pyrrole nitrogens is 1. The van der Waals surface area contributed by atoms with Crippen molar-refractivity contribution >= 4 is 0 Å². The van der Waals surface area contributed by atoms with Gasteiger partial charge in [-0.05, 0) is 24.3 Å². The Morgan fingerprint density at radius 3 is 2.76 bits per heavy atom. The lowest BCUT2D eigenvalue weighted by molar-refractivity contribution is 1.06. The molecule has 3 rings (SSSR count). The zero-order chi connectivity index (χ0) is 11.5. The van der Waals surface area contributed by atoms with Crippen LogP contribution in [0.15, 0.2) is 49.1 Å². The maximum atomic E-state index is 4.46. The van der Waals surface area contributed by atoms with Gasteiger partial charge in [-0.3, -0.25) is 10.1 Å². The van der Waals surface area contributed by atoms with Gasteiger partial charge in [-0.1, -0.05) is 0 Å². The molecule has 0 fully saturated rings. The molecule has 0 aromatic carbocycles. The Balaban J connectivity index is 2.06. The van der Waals surface area contributed by atoms with Crippen molar-refractivity contribution in [3.8, 4) is 22.8 Å². The molecule has 0 radical (unpaired) electrons. The predicted octanol–water partition coefficient (Wildman–Crippen LogP) is 1.93. The fraction of sp³-hybridized carbons (Fsp3) is 0. The van der Waals surface area contributed by atoms with Crippen molar-refractivity contribution in [1.82, 2.24) is 25.1 Å². The monoisotopic (exact) mass is 223 g/mol. The highest BCUT2D eigenvalue weighted by atomic mass is 15.1. The highest BCUT2D eigenvalue weighted by Crippen LogP contribution is 2.18. The van der Waals surface area contributed by atoms with E-state index in [1.165, 1.54) is 0 Å². The summed E-state index contributed by atoms with van der Waals surface area (Å²) in [5, 5.41) is 6.73. The lowest BCUT2D eigenvalue weighted by Crippen LogP contribution is -1.92. The molecule has 0 spiro atoms. The number of aromatic nitrogens is 5. The third-order valence-corrected chi connectivity index (χ3v) is 2.35. The van der Waals surface area contributed by atoms with E-state index in [4.69, 9.17) is 0 Å². The summed E-state index contributed by atoms with van der Waals surface area (Å²) in [7, 11) is 0. The SMILES string of the molecule is c1cncc(-c2ccnc(-c3ccn[nH]3)n2)c1. The van der Waals surface area contributed by atoms with Gasteiger partial charge in [-0.25, -0.2) is 9.97 Å². The number of nitrogens with one attached hydrogen (secondary N) is 1. The van der Waals surface area contributed by atoms with Crippen molar-refractivity contribution in [2.45, 2.75) is 0 Å². The van der Waals surface area contributed by atoms with Crippen molar-refractivity contribution in [3.05, 3.63) is 49.1 Å². The van der Waals surface area contributed by atoms with E-state index >= 15 is 0 Å². The van der Waals surface area contributed by atoms with E-state index in [0.717, 1.165) is 17.0 Å². The molecule has 3 heterocycles. The van der Waals surface area contributed by atoms with Crippen molar-refractivity contribution in [3.63, 3.8) is 0 Å². The Bertz CT molecular complexity index is 604. The van der Waals surface area contributed by atoms with E-state index in [1.807, 2.05) is 24.3 Å². The zero-order valence-electron chi connectivity index (χ0n) is 8.91. The van der Waals surface area contributed by atoms with Gasteiger partial charge < -0.3 is 0 Å². The quantitative estimate of drug-likeness (QED) is 0.720. The highest BCUT2D eigenvalue weighted by molar-refractivity contribution is 5.60. The maximum Gasteiger partial charge on any atom is 0.178 e. The maximum absolute atomic E-state index is 4.46. The lowest BCUT2D eigenvalue weighted by Gasteiger charge is -2.01. The average molecular weight is 223 g/mol. The molecule has 0 bridgehead atoms. The number of aromatic amines is 1. The molecule has 0 aliphatic carbocycles. The summed E-state index contributed by atoms with van der Waals surface area (Å²) in [6, 6.07) is 7.54. The summed E-state index contributed by atoms with van der Waals surface area (Å²) in [6.45, 7) is 0. The Kier molecular flexibility index (Phi) is 2.34. The van der Waals surface area contributed by atoms with Crippen LogP contribution in [0.25, 0.3) is 22.8 Å². The van der Waals surface area contributed by atoms with Crippen LogP contribution in [-0.2, 0) is 0 Å². The van der Waals surface area contributed by atoms with Crippen LogP contribution in [0.3, 0.4) is 0 Å². The molecule has 3 aromatic heterocycles. The third kappa shape index (κ3) is 1.90. The van der Waals surface area contributed by atoms with Gasteiger partial charge in [-0.2, -0.15) is 5.10 Å². The molecule has 0 aliphatic rings. The first-order valence-electron chi connectivity index (χ1n) is 5.17. The van der Waals surface area contributed by atoms with Gasteiger partial charge in [0.1, 0.15) is 5.69 Å². The topological polar surface area (TPSA) is 67.3 Å². The summed E-state index contributed by atoms with van der Waals surface area (Å²) < 4.78 is 0. The Labute approximate surface area is 97.6 Å². The molecular formula is C12H9N5. The zero-order valence-corrected chi connectivity index (χ0v) is 8.91. The van der Waals surface area contributed by atoms with Gasteiger partial charge in [0.15, 0.2) is 5.82 Å². The van der Waals surface area contributed by atoms with Gasteiger partial charge in [0.05, 0.1) is 5.69 Å². The van der Waals surface area contributed by atoms with Crippen LogP contribution in [0.2, 0.25) is 0 Å². The molecule has 5 heteroatoms. The summed E-state index contributed by atoms with van der Waals surface area (Å²) in [5.74, 6) is 0.629. The first-order chi connectivity index (χ1) is 8.43. The Hall–Kier alpha value is -2.56. The van der Waals surface area contributed by atoms with E-state index in [0.29, 0.717) is 5.82 Å². The molecule has 1 N–H and O–H groups in total. The van der Waals surface area contributed by atoms with Crippen molar-refractivity contribution in [2.75, 3.05) is 0 Å². The first-order valence-corrected chi connectivity index (χ1v) is 5.17. The van der Waals surface area contributed by atoms with Crippen LogP contribution in [0.5, 0.6) is 0 Å². The van der Waals surface area contributed by atoms with Crippen LogP contribution in [0.4, 0.5) is 0 Å². The highest BCUT2D eigenvalue weighted by Gasteiger charge is 2.05. The van der Waals surface area contributed by atoms with E-state index in [-0.39, 0.29) is 0 Å². The molecule has 0 amide bonds. The van der Waals surface area contributed by atoms with Crippen LogP contribution in [0.1, 0.15) is 0 Å². The smallest absolute Gasteiger partial charge is 0.178 e. The summed E-state index contributed by atoms with van der Waals surface area (Å²) in [4.78, 5) is 12.7. The Morgan fingerprint density at radius 1 is 1.00 bits per heavy atom. The second-order valence-corrected chi connectivity index (χ2v) is 3.48. The van der Waals surface area contributed by atoms with Gasteiger partial charge >= 0.3 is 0 Å². The molecular weight excluding hydrogens is 214 g/mol. The van der Waals surface area contributed by atoms with E-state index in [1.54, 1.807) is 24.8 Å². The fourth-order valence-electron chi connectivity index (χ4n) is 1.54. The first kappa shape index (κ1) is 9.65. The molecule has 0 saturated carbocycles. The predicted molar refractivity (Wildman–Crippen MR) is 62.8 cm³/mol. The minimum atomic E-state index is 0.629. The summed E-state index contributed by atoms with van der Waals surface area (Å²) in [6.07, 6.45) is 6.92. The van der Waals surface area contributed by atoms with Crippen LogP contribution in [0, 0.1) is 0 Å². The van der Waals surface area contributed by atoms with Crippen LogP contribution >= 0.6 is 0 Å². The van der Waals surface area contributed by atoms with Gasteiger partial charge in [0, 0.05) is 30.4 Å². The number of rotatable bonds is 2. The second kappa shape index (κ2) is 4.13. The van der Waals surface area contributed by atoms with E-state index in [9.17, 15) is 0 Å². The number of hydrogen-bond donors (Lipinski definition) is 1. The summed E-state index contributed by atoms with van der Waals surface area (Å²) in [5.41, 5.74) is 2.61.